The summed E-state index contributed by atoms with van der Waals surface area (Å²) in [5, 5.41) is 12.0. The molecule has 2 radical (unpaired) electrons. The average Bonchev–Trinajstić information content (AvgIpc) is 3.63. The van der Waals surface area contributed by atoms with Gasteiger partial charge in [0, 0.05) is 128 Å². The van der Waals surface area contributed by atoms with Gasteiger partial charge in [0.15, 0.2) is 0 Å². The van der Waals surface area contributed by atoms with Crippen molar-refractivity contribution in [2.24, 2.45) is 0 Å². The number of hydrogen-bond acceptors (Lipinski definition) is 12. The molecule has 14 nitrogen and oxygen atoms in total. The van der Waals surface area contributed by atoms with Crippen LogP contribution in [0, 0.1) is 13.8 Å². The second-order valence-corrected chi connectivity index (χ2v) is 14.5. The Morgan fingerprint density at radius 3 is 1.54 bits per heavy atom. The van der Waals surface area contributed by atoms with Crippen LogP contribution in [0.3, 0.4) is 0 Å². The van der Waals surface area contributed by atoms with Crippen LogP contribution in [0.25, 0.3) is 0 Å². The van der Waals surface area contributed by atoms with Crippen LogP contribution >= 0.6 is 21.6 Å². The number of ether oxygens (including phenoxy) is 6. The third-order valence-corrected chi connectivity index (χ3v) is 10.2. The molecule has 1 rings (SSSR count). The van der Waals surface area contributed by atoms with Crippen molar-refractivity contribution in [1.29, 1.82) is 0 Å². The van der Waals surface area contributed by atoms with Crippen LogP contribution in [0.1, 0.15) is 64.7 Å². The van der Waals surface area contributed by atoms with Crippen molar-refractivity contribution >= 4 is 45.2 Å². The van der Waals surface area contributed by atoms with Crippen molar-refractivity contribution in [1.82, 2.24) is 21.3 Å². The maximum atomic E-state index is 13.3. The van der Waals surface area contributed by atoms with Gasteiger partial charge in [0.2, 0.25) is 23.6 Å². The largest absolute Gasteiger partial charge is 0.412 e. The molecule has 0 bridgehead atoms. The van der Waals surface area contributed by atoms with Gasteiger partial charge in [-0.15, -0.1) is 0 Å². The molecule has 1 unspecified atom stereocenters. The average molecular weight is 929 g/mol. The molecule has 0 aliphatic carbocycles. The minimum Gasteiger partial charge on any atom is -0.412 e. The van der Waals surface area contributed by atoms with Gasteiger partial charge in [-0.25, -0.2) is 0 Å². The van der Waals surface area contributed by atoms with Crippen LogP contribution < -0.4 is 21.3 Å². The van der Waals surface area contributed by atoms with Gasteiger partial charge in [0.25, 0.3) is 0 Å². The van der Waals surface area contributed by atoms with E-state index in [4.69, 9.17) is 28.4 Å². The van der Waals surface area contributed by atoms with Crippen LogP contribution in [0.2, 0.25) is 0 Å². The van der Waals surface area contributed by atoms with Crippen molar-refractivity contribution in [3.8, 4) is 0 Å². The van der Waals surface area contributed by atoms with Crippen LogP contribution in [0.5, 0.6) is 0 Å². The molecule has 0 aromatic carbocycles. The van der Waals surface area contributed by atoms with E-state index in [0.29, 0.717) is 70.9 Å². The zero-order chi connectivity index (χ0) is 36.5. The van der Waals surface area contributed by atoms with Crippen molar-refractivity contribution < 1.29 is 113 Å². The number of rotatable bonds is 34. The number of carbonyl (C=O) groups is 4. The molecule has 4 amide bonds. The molecular weight excluding hydrogens is 866 g/mol. The number of unbranched alkanes of at least 4 members (excludes halogenated alkanes) is 1. The summed E-state index contributed by atoms with van der Waals surface area (Å²) in [6, 6.07) is 0. The molecule has 1 heterocycles. The number of carbonyl (C=O) groups excluding carboxylic acids is 4. The summed E-state index contributed by atoms with van der Waals surface area (Å²) < 4.78 is 33.5. The first kappa shape index (κ1) is 54.6. The van der Waals surface area contributed by atoms with Crippen LogP contribution in [0.15, 0.2) is 0 Å². The van der Waals surface area contributed by atoms with Crippen LogP contribution in [-0.4, -0.2) is 139 Å². The molecule has 1 aliphatic rings. The molecule has 0 saturated carbocycles. The predicted molar refractivity (Wildman–Crippen MR) is 197 cm³/mol. The smallest absolute Gasteiger partial charge is 0.222 e. The van der Waals surface area contributed by atoms with E-state index in [2.05, 4.69) is 35.1 Å². The van der Waals surface area contributed by atoms with Crippen molar-refractivity contribution in [2.45, 2.75) is 75.5 Å². The monoisotopic (exact) mass is 928 g/mol. The number of nitrogens with one attached hydrogen (secondary N) is 4. The molecular formula is C34H62N4O10S2Y2-2. The quantitative estimate of drug-likeness (QED) is 0.0423. The van der Waals surface area contributed by atoms with E-state index >= 15 is 0 Å². The van der Waals surface area contributed by atoms with Gasteiger partial charge in [0.05, 0.1) is 59.5 Å². The summed E-state index contributed by atoms with van der Waals surface area (Å²) >= 11 is 0. The summed E-state index contributed by atoms with van der Waals surface area (Å²) in [5.74, 6) is 0.425. The van der Waals surface area contributed by atoms with E-state index < -0.39 is 5.54 Å². The maximum Gasteiger partial charge on any atom is 0.222 e. The molecule has 1 aliphatic heterocycles. The zero-order valence-corrected chi connectivity index (χ0v) is 38.5. The topological polar surface area (TPSA) is 172 Å². The molecule has 0 aromatic rings. The molecule has 18 heteroatoms. The molecule has 52 heavy (non-hydrogen) atoms. The van der Waals surface area contributed by atoms with E-state index in [1.165, 1.54) is 12.2 Å². The normalized spacial score (nSPS) is 13.9. The molecule has 298 valence electrons. The Labute approximate surface area is 370 Å². The fourth-order valence-corrected chi connectivity index (χ4v) is 7.64. The minimum absolute atomic E-state index is 0. The minimum atomic E-state index is -1.13. The maximum absolute atomic E-state index is 13.3. The Bertz CT molecular complexity index is 880. The van der Waals surface area contributed by atoms with Gasteiger partial charge in [-0.1, -0.05) is 48.1 Å². The van der Waals surface area contributed by atoms with Crippen molar-refractivity contribution in [2.75, 3.05) is 105 Å². The van der Waals surface area contributed by atoms with Crippen LogP contribution in [0.4, 0.5) is 0 Å². The second-order valence-electron chi connectivity index (χ2n) is 11.7. The van der Waals surface area contributed by atoms with Gasteiger partial charge in [-0.2, -0.15) is 0 Å². The Kier molecular flexibility index (Phi) is 40.4. The summed E-state index contributed by atoms with van der Waals surface area (Å²) in [5.41, 5.74) is -1.13. The summed E-state index contributed by atoms with van der Waals surface area (Å²) in [6.07, 6.45) is 5.52. The summed E-state index contributed by atoms with van der Waals surface area (Å²) in [4.78, 5) is 50.1. The fraction of sp³-hybridized carbons (Fsp3) is 0.824. The van der Waals surface area contributed by atoms with Gasteiger partial charge in [-0.05, 0) is 25.7 Å². The molecule has 1 fully saturated rings. The van der Waals surface area contributed by atoms with Crippen molar-refractivity contribution in [3.63, 3.8) is 0 Å². The van der Waals surface area contributed by atoms with Gasteiger partial charge >= 0.3 is 0 Å². The predicted octanol–water partition coefficient (Wildman–Crippen LogP) is 2.25. The summed E-state index contributed by atoms with van der Waals surface area (Å²) in [6.45, 7) is 13.1. The van der Waals surface area contributed by atoms with E-state index in [1.807, 2.05) is 28.5 Å². The first-order valence-corrected chi connectivity index (χ1v) is 20.2. The first-order chi connectivity index (χ1) is 24.3. The van der Waals surface area contributed by atoms with Gasteiger partial charge < -0.3 is 63.5 Å². The Morgan fingerprint density at radius 2 is 1.12 bits per heavy atom. The number of amides is 4. The Morgan fingerprint density at radius 1 is 0.635 bits per heavy atom. The Hall–Kier alpha value is 0.548. The molecule has 0 aromatic heterocycles. The zero-order valence-electron chi connectivity index (χ0n) is 31.2. The van der Waals surface area contributed by atoms with E-state index in [-0.39, 0.29) is 148 Å². The standard InChI is InChI=1S/C34H62N4O10S2.2Y/c1-4-18-45-24-17-37-32(41)13-21-48-28-34(26-46-19-11-30(39)35-15-22-43-5-2,27-47-20-12-31(40)36-16-23-44-6-3)38-33(42)10-8-7-9-29-14-25-49-50-29;;/h29H,2-28H2,1H3,(H,35,39)(H,36,40)(H,37,41)(H,38,42);;/q-2;;. The third kappa shape index (κ3) is 31.7. The fourth-order valence-electron chi connectivity index (χ4n) is 4.61. The molecule has 0 spiro atoms. The molecule has 1 saturated heterocycles. The SMILES string of the molecule is [CH2-]COCCNC(=O)CCOCC(COCCC(=O)NCCOC[CH2-])(COCCC(=O)NCCOCCC)NC(=O)CCCCC1CCSS1.[Y].[Y]. The summed E-state index contributed by atoms with van der Waals surface area (Å²) in [7, 11) is 3.83. The molecule has 4 N–H and O–H groups in total. The van der Waals surface area contributed by atoms with E-state index in [0.717, 1.165) is 25.7 Å². The van der Waals surface area contributed by atoms with Gasteiger partial charge in [0.1, 0.15) is 5.54 Å². The second kappa shape index (κ2) is 38.4. The number of hydrogen-bond donors (Lipinski definition) is 4. The van der Waals surface area contributed by atoms with Crippen molar-refractivity contribution in [3.05, 3.63) is 13.8 Å². The Balaban J connectivity index is 0. The van der Waals surface area contributed by atoms with Gasteiger partial charge in [-0.3, -0.25) is 19.2 Å². The van der Waals surface area contributed by atoms with E-state index in [9.17, 15) is 19.2 Å². The molecule has 1 atom stereocenters. The third-order valence-electron chi connectivity index (χ3n) is 7.21. The van der Waals surface area contributed by atoms with Crippen LogP contribution in [-0.2, 0) is 113 Å². The van der Waals surface area contributed by atoms with E-state index in [1.54, 1.807) is 0 Å². The first-order valence-electron chi connectivity index (χ1n) is 17.8.